The highest BCUT2D eigenvalue weighted by atomic mass is 19.1. The molecular formula is C12H14FN5. The van der Waals surface area contributed by atoms with Crippen LogP contribution in [0.15, 0.2) is 24.3 Å². The number of aryl methyl sites for hydroxylation is 1. The molecule has 1 aromatic heterocycles. The summed E-state index contributed by atoms with van der Waals surface area (Å²) in [4.78, 5) is 8.18. The van der Waals surface area contributed by atoms with Gasteiger partial charge in [-0.15, -0.1) is 0 Å². The second kappa shape index (κ2) is 4.87. The van der Waals surface area contributed by atoms with E-state index < -0.39 is 0 Å². The Kier molecular flexibility index (Phi) is 3.27. The number of nitrogen functional groups attached to an aromatic ring is 2. The van der Waals surface area contributed by atoms with Crippen LogP contribution in [0.3, 0.4) is 0 Å². The molecule has 0 radical (unpaired) electrons. The molecule has 1 aromatic carbocycles. The zero-order valence-electron chi connectivity index (χ0n) is 9.94. The van der Waals surface area contributed by atoms with Crippen LogP contribution in [-0.2, 0) is 6.42 Å². The minimum absolute atomic E-state index is 0.195. The molecule has 0 aliphatic rings. The van der Waals surface area contributed by atoms with Gasteiger partial charge in [0, 0.05) is 0 Å². The van der Waals surface area contributed by atoms with E-state index in [-0.39, 0.29) is 17.6 Å². The highest BCUT2D eigenvalue weighted by Crippen LogP contribution is 2.22. The highest BCUT2D eigenvalue weighted by molar-refractivity contribution is 5.65. The van der Waals surface area contributed by atoms with Crippen molar-refractivity contribution in [2.75, 3.05) is 16.8 Å². The van der Waals surface area contributed by atoms with Gasteiger partial charge in [0.25, 0.3) is 0 Å². The van der Waals surface area contributed by atoms with Gasteiger partial charge in [-0.2, -0.15) is 4.98 Å². The maximum atomic E-state index is 13.5. The standard InChI is InChI=1S/C12H14FN5/c1-2-8-10(14)11(15)18-12(16-8)17-9-6-4-3-5-7(9)13/h3-6H,2,14H2,1H3,(H3,15,16,17,18). The molecule has 0 bridgehead atoms. The van der Waals surface area contributed by atoms with Gasteiger partial charge in [-0.05, 0) is 18.6 Å². The van der Waals surface area contributed by atoms with Crippen molar-refractivity contribution in [2.24, 2.45) is 0 Å². The first-order chi connectivity index (χ1) is 8.61. The third-order valence-electron chi connectivity index (χ3n) is 2.51. The number of nitrogens with one attached hydrogen (secondary N) is 1. The molecule has 0 saturated heterocycles. The molecule has 94 valence electrons. The van der Waals surface area contributed by atoms with E-state index in [1.165, 1.54) is 6.07 Å². The van der Waals surface area contributed by atoms with Crippen LogP contribution in [0.4, 0.5) is 27.5 Å². The van der Waals surface area contributed by atoms with E-state index in [0.717, 1.165) is 0 Å². The second-order valence-electron chi connectivity index (χ2n) is 3.75. The van der Waals surface area contributed by atoms with E-state index in [1.807, 2.05) is 6.92 Å². The summed E-state index contributed by atoms with van der Waals surface area (Å²) in [6, 6.07) is 6.27. The van der Waals surface area contributed by atoms with Gasteiger partial charge >= 0.3 is 0 Å². The number of nitrogens with zero attached hydrogens (tertiary/aromatic N) is 2. The van der Waals surface area contributed by atoms with Crippen LogP contribution < -0.4 is 16.8 Å². The van der Waals surface area contributed by atoms with Crippen molar-refractivity contribution >= 4 is 23.1 Å². The van der Waals surface area contributed by atoms with E-state index in [4.69, 9.17) is 11.5 Å². The molecule has 1 heterocycles. The summed E-state index contributed by atoms with van der Waals surface area (Å²) in [6.07, 6.45) is 0.629. The third kappa shape index (κ3) is 2.32. The average molecular weight is 247 g/mol. The summed E-state index contributed by atoms with van der Waals surface area (Å²) in [5.74, 6) is 0.0545. The Labute approximate surface area is 104 Å². The van der Waals surface area contributed by atoms with Crippen molar-refractivity contribution in [3.63, 3.8) is 0 Å². The van der Waals surface area contributed by atoms with Crippen molar-refractivity contribution in [3.05, 3.63) is 35.8 Å². The fourth-order valence-corrected chi connectivity index (χ4v) is 1.54. The van der Waals surface area contributed by atoms with Crippen LogP contribution in [0.5, 0.6) is 0 Å². The van der Waals surface area contributed by atoms with Crippen molar-refractivity contribution in [1.29, 1.82) is 0 Å². The van der Waals surface area contributed by atoms with Gasteiger partial charge in [-0.3, -0.25) is 0 Å². The van der Waals surface area contributed by atoms with Crippen molar-refractivity contribution in [2.45, 2.75) is 13.3 Å². The predicted octanol–water partition coefficient (Wildman–Crippen LogP) is 2.09. The number of aromatic nitrogens is 2. The van der Waals surface area contributed by atoms with Crippen molar-refractivity contribution in [1.82, 2.24) is 9.97 Å². The first-order valence-electron chi connectivity index (χ1n) is 5.55. The molecule has 0 aliphatic carbocycles. The lowest BCUT2D eigenvalue weighted by Crippen LogP contribution is -2.08. The molecule has 0 fully saturated rings. The average Bonchev–Trinajstić information content (AvgIpc) is 2.36. The summed E-state index contributed by atoms with van der Waals surface area (Å²) < 4.78 is 13.5. The number of nitrogens with two attached hydrogens (primary N) is 2. The third-order valence-corrected chi connectivity index (χ3v) is 2.51. The number of anilines is 4. The SMILES string of the molecule is CCc1nc(Nc2ccccc2F)nc(N)c1N. The Morgan fingerprint density at radius 3 is 2.61 bits per heavy atom. The molecule has 0 aliphatic heterocycles. The number of halogens is 1. The van der Waals surface area contributed by atoms with Gasteiger partial charge in [-0.1, -0.05) is 19.1 Å². The maximum absolute atomic E-state index is 13.5. The zero-order valence-corrected chi connectivity index (χ0v) is 9.94. The second-order valence-corrected chi connectivity index (χ2v) is 3.75. The molecule has 5 N–H and O–H groups in total. The Morgan fingerprint density at radius 2 is 1.94 bits per heavy atom. The smallest absolute Gasteiger partial charge is 0.229 e. The summed E-state index contributed by atoms with van der Waals surface area (Å²) in [7, 11) is 0. The minimum Gasteiger partial charge on any atom is -0.394 e. The monoisotopic (exact) mass is 247 g/mol. The molecule has 0 spiro atoms. The van der Waals surface area contributed by atoms with Gasteiger partial charge in [0.05, 0.1) is 17.1 Å². The number of para-hydroxylation sites is 1. The highest BCUT2D eigenvalue weighted by Gasteiger charge is 2.09. The molecule has 6 heteroatoms. The molecule has 2 aromatic rings. The van der Waals surface area contributed by atoms with E-state index in [9.17, 15) is 4.39 Å². The zero-order chi connectivity index (χ0) is 13.1. The van der Waals surface area contributed by atoms with Crippen molar-refractivity contribution < 1.29 is 4.39 Å². The minimum atomic E-state index is -0.380. The maximum Gasteiger partial charge on any atom is 0.229 e. The Hall–Kier alpha value is -2.37. The van der Waals surface area contributed by atoms with E-state index in [1.54, 1.807) is 18.2 Å². The summed E-state index contributed by atoms with van der Waals surface area (Å²) >= 11 is 0. The Bertz CT molecular complexity index is 570. The topological polar surface area (TPSA) is 89.8 Å². The van der Waals surface area contributed by atoms with Crippen molar-refractivity contribution in [3.8, 4) is 0 Å². The van der Waals surface area contributed by atoms with Gasteiger partial charge in [0.2, 0.25) is 5.95 Å². The normalized spacial score (nSPS) is 10.3. The molecule has 0 amide bonds. The fourth-order valence-electron chi connectivity index (χ4n) is 1.54. The lowest BCUT2D eigenvalue weighted by molar-refractivity contribution is 0.631. The molecular weight excluding hydrogens is 233 g/mol. The lowest BCUT2D eigenvalue weighted by atomic mass is 10.2. The van der Waals surface area contributed by atoms with Gasteiger partial charge in [-0.25, -0.2) is 9.37 Å². The number of hydrogen-bond donors (Lipinski definition) is 3. The quantitative estimate of drug-likeness (QED) is 0.772. The van der Waals surface area contributed by atoms with Gasteiger partial charge < -0.3 is 16.8 Å². The summed E-state index contributed by atoms with van der Waals surface area (Å²) in [5.41, 5.74) is 12.7. The number of rotatable bonds is 3. The first kappa shape index (κ1) is 12.1. The van der Waals surface area contributed by atoms with Gasteiger partial charge in [0.15, 0.2) is 5.82 Å². The van der Waals surface area contributed by atoms with Crippen LogP contribution >= 0.6 is 0 Å². The van der Waals surface area contributed by atoms with E-state index >= 15 is 0 Å². The molecule has 0 atom stereocenters. The van der Waals surface area contributed by atoms with Gasteiger partial charge in [0.1, 0.15) is 5.82 Å². The predicted molar refractivity (Wildman–Crippen MR) is 69.9 cm³/mol. The molecule has 5 nitrogen and oxygen atoms in total. The van der Waals surface area contributed by atoms with Crippen LogP contribution in [0.1, 0.15) is 12.6 Å². The Morgan fingerprint density at radius 1 is 1.22 bits per heavy atom. The summed E-state index contributed by atoms with van der Waals surface area (Å²) in [6.45, 7) is 1.91. The molecule has 18 heavy (non-hydrogen) atoms. The van der Waals surface area contributed by atoms with Crippen LogP contribution in [-0.4, -0.2) is 9.97 Å². The number of hydrogen-bond acceptors (Lipinski definition) is 5. The largest absolute Gasteiger partial charge is 0.394 e. The van der Waals surface area contributed by atoms with Crippen LogP contribution in [0, 0.1) is 5.82 Å². The van der Waals surface area contributed by atoms with E-state index in [0.29, 0.717) is 23.5 Å². The molecule has 2 rings (SSSR count). The van der Waals surface area contributed by atoms with Crippen LogP contribution in [0.2, 0.25) is 0 Å². The fraction of sp³-hybridized carbons (Fsp3) is 0.167. The Balaban J connectivity index is 2.36. The molecule has 0 saturated carbocycles. The first-order valence-corrected chi connectivity index (χ1v) is 5.55. The summed E-state index contributed by atoms with van der Waals surface area (Å²) in [5, 5.41) is 2.78. The molecule has 0 unspecified atom stereocenters. The van der Waals surface area contributed by atoms with Crippen LogP contribution in [0.25, 0.3) is 0 Å². The van der Waals surface area contributed by atoms with E-state index in [2.05, 4.69) is 15.3 Å². The lowest BCUT2D eigenvalue weighted by Gasteiger charge is -2.10. The number of benzene rings is 1.